The molecular weight excluding hydrogens is 408 g/mol. The summed E-state index contributed by atoms with van der Waals surface area (Å²) >= 11 is 0.826. The highest BCUT2D eigenvalue weighted by Crippen LogP contribution is 2.32. The van der Waals surface area contributed by atoms with Gasteiger partial charge in [0.15, 0.2) is 6.61 Å². The lowest BCUT2D eigenvalue weighted by Crippen LogP contribution is -2.42. The Bertz CT molecular complexity index is 844. The highest BCUT2D eigenvalue weighted by Gasteiger charge is 2.37. The normalized spacial score (nSPS) is 18.5. The van der Waals surface area contributed by atoms with Crippen molar-refractivity contribution < 1.29 is 28.7 Å². The number of methoxy groups -OCH3 is 1. The van der Waals surface area contributed by atoms with Crippen molar-refractivity contribution in [1.82, 2.24) is 9.80 Å². The standard InChI is InChI=1S/C21H24N2O6S/c1-28-19(25)14-29-16-8-6-15(7-9-16)12-17-20(26)23(21(27)30-17)13-18(24)22-10-4-2-3-5-11-22/h6-9,12H,2-5,10-11,13-14H2,1H3/b17-12-. The maximum Gasteiger partial charge on any atom is 0.343 e. The van der Waals surface area contributed by atoms with Crippen LogP contribution in [0.2, 0.25) is 0 Å². The number of carbonyl (C=O) groups excluding carboxylic acids is 4. The minimum atomic E-state index is -0.484. The third-order valence-electron chi connectivity index (χ3n) is 4.89. The average Bonchev–Trinajstić information content (AvgIpc) is 2.95. The number of hydrogen-bond acceptors (Lipinski definition) is 7. The zero-order chi connectivity index (χ0) is 21.5. The van der Waals surface area contributed by atoms with Crippen LogP contribution in [0.15, 0.2) is 29.2 Å². The summed E-state index contributed by atoms with van der Waals surface area (Å²) in [6.45, 7) is 0.937. The summed E-state index contributed by atoms with van der Waals surface area (Å²) in [5, 5.41) is -0.438. The van der Waals surface area contributed by atoms with Gasteiger partial charge < -0.3 is 14.4 Å². The minimum Gasteiger partial charge on any atom is -0.482 e. The SMILES string of the molecule is COC(=O)COc1ccc(/C=C2\SC(=O)N(CC(=O)N3CCCCCC3)C2=O)cc1. The lowest BCUT2D eigenvalue weighted by atomic mass is 10.2. The Hall–Kier alpha value is -2.81. The molecule has 2 fully saturated rings. The minimum absolute atomic E-state index is 0.187. The number of rotatable bonds is 6. The van der Waals surface area contributed by atoms with Gasteiger partial charge in [-0.1, -0.05) is 25.0 Å². The van der Waals surface area contributed by atoms with Crippen LogP contribution in [0, 0.1) is 0 Å². The van der Waals surface area contributed by atoms with E-state index in [1.165, 1.54) is 7.11 Å². The maximum absolute atomic E-state index is 12.7. The molecule has 2 saturated heterocycles. The highest BCUT2D eigenvalue weighted by molar-refractivity contribution is 8.18. The van der Waals surface area contributed by atoms with E-state index in [-0.39, 0.29) is 24.0 Å². The Morgan fingerprint density at radius 1 is 1.07 bits per heavy atom. The molecule has 1 aromatic rings. The van der Waals surface area contributed by atoms with Crippen LogP contribution in [0.4, 0.5) is 4.79 Å². The number of thioether (sulfide) groups is 1. The molecular formula is C21H24N2O6S. The summed E-state index contributed by atoms with van der Waals surface area (Å²) in [5.41, 5.74) is 0.699. The first-order chi connectivity index (χ1) is 14.5. The van der Waals surface area contributed by atoms with Gasteiger partial charge in [0.05, 0.1) is 12.0 Å². The van der Waals surface area contributed by atoms with Gasteiger partial charge in [-0.25, -0.2) is 4.79 Å². The first kappa shape index (κ1) is 21.9. The molecule has 0 radical (unpaired) electrons. The van der Waals surface area contributed by atoms with Crippen LogP contribution in [-0.4, -0.2) is 66.2 Å². The number of ether oxygens (including phenoxy) is 2. The predicted octanol–water partition coefficient (Wildman–Crippen LogP) is 2.68. The van der Waals surface area contributed by atoms with E-state index in [0.717, 1.165) is 42.3 Å². The molecule has 0 N–H and O–H groups in total. The van der Waals surface area contributed by atoms with E-state index < -0.39 is 17.1 Å². The van der Waals surface area contributed by atoms with E-state index in [2.05, 4.69) is 4.74 Å². The van der Waals surface area contributed by atoms with Gasteiger partial charge in [0.25, 0.3) is 11.1 Å². The Balaban J connectivity index is 1.61. The maximum atomic E-state index is 12.7. The van der Waals surface area contributed by atoms with Gasteiger partial charge in [-0.05, 0) is 48.4 Å². The summed E-state index contributed by atoms with van der Waals surface area (Å²) in [6, 6.07) is 6.73. The second kappa shape index (κ2) is 10.3. The van der Waals surface area contributed by atoms with Crippen molar-refractivity contribution in [3.05, 3.63) is 34.7 Å². The molecule has 0 bridgehead atoms. The smallest absolute Gasteiger partial charge is 0.343 e. The van der Waals surface area contributed by atoms with E-state index in [1.807, 2.05) is 0 Å². The van der Waals surface area contributed by atoms with Crippen LogP contribution >= 0.6 is 11.8 Å². The number of hydrogen-bond donors (Lipinski definition) is 0. The second-order valence-electron chi connectivity index (χ2n) is 7.00. The number of amides is 3. The van der Waals surface area contributed by atoms with Crippen LogP contribution in [-0.2, 0) is 19.1 Å². The molecule has 0 aromatic heterocycles. The molecule has 0 atom stereocenters. The molecule has 1 aromatic carbocycles. The first-order valence-corrected chi connectivity index (χ1v) is 10.6. The zero-order valence-electron chi connectivity index (χ0n) is 16.8. The second-order valence-corrected chi connectivity index (χ2v) is 7.99. The largest absolute Gasteiger partial charge is 0.482 e. The summed E-state index contributed by atoms with van der Waals surface area (Å²) < 4.78 is 9.79. The third-order valence-corrected chi connectivity index (χ3v) is 5.80. The summed E-state index contributed by atoms with van der Waals surface area (Å²) in [5.74, 6) is -0.650. The third kappa shape index (κ3) is 5.63. The van der Waals surface area contributed by atoms with Crippen molar-refractivity contribution in [1.29, 1.82) is 0 Å². The molecule has 9 heteroatoms. The topological polar surface area (TPSA) is 93.2 Å². The van der Waals surface area contributed by atoms with Gasteiger partial charge in [-0.2, -0.15) is 0 Å². The first-order valence-electron chi connectivity index (χ1n) is 9.81. The Morgan fingerprint density at radius 3 is 2.37 bits per heavy atom. The summed E-state index contributed by atoms with van der Waals surface area (Å²) in [6.07, 6.45) is 5.70. The van der Waals surface area contributed by atoms with Gasteiger partial charge in [0.1, 0.15) is 12.3 Å². The van der Waals surface area contributed by atoms with E-state index in [9.17, 15) is 19.2 Å². The molecule has 2 aliphatic rings. The molecule has 3 rings (SSSR count). The van der Waals surface area contributed by atoms with Crippen molar-refractivity contribution in [2.75, 3.05) is 33.4 Å². The molecule has 160 valence electrons. The number of carbonyl (C=O) groups is 4. The van der Waals surface area contributed by atoms with E-state index >= 15 is 0 Å². The predicted molar refractivity (Wildman–Crippen MR) is 112 cm³/mol. The number of nitrogens with zero attached hydrogens (tertiary/aromatic N) is 2. The zero-order valence-corrected chi connectivity index (χ0v) is 17.6. The lowest BCUT2D eigenvalue weighted by Gasteiger charge is -2.22. The van der Waals surface area contributed by atoms with Crippen molar-refractivity contribution in [3.8, 4) is 5.75 Å². The fourth-order valence-corrected chi connectivity index (χ4v) is 4.04. The quantitative estimate of drug-likeness (QED) is 0.504. The molecule has 0 unspecified atom stereocenters. The molecule has 2 aliphatic heterocycles. The molecule has 0 spiro atoms. The van der Waals surface area contributed by atoms with E-state index in [0.29, 0.717) is 24.4 Å². The van der Waals surface area contributed by atoms with Gasteiger partial charge in [0, 0.05) is 13.1 Å². The van der Waals surface area contributed by atoms with Crippen molar-refractivity contribution in [2.24, 2.45) is 0 Å². The molecule has 3 amide bonds. The molecule has 30 heavy (non-hydrogen) atoms. The van der Waals surface area contributed by atoms with Gasteiger partial charge in [-0.3, -0.25) is 19.3 Å². The molecule has 2 heterocycles. The monoisotopic (exact) mass is 432 g/mol. The van der Waals surface area contributed by atoms with Gasteiger partial charge in [-0.15, -0.1) is 0 Å². The van der Waals surface area contributed by atoms with Crippen LogP contribution in [0.1, 0.15) is 31.2 Å². The van der Waals surface area contributed by atoms with E-state index in [1.54, 1.807) is 35.2 Å². The van der Waals surface area contributed by atoms with Crippen LogP contribution in [0.5, 0.6) is 5.75 Å². The summed E-state index contributed by atoms with van der Waals surface area (Å²) in [4.78, 5) is 51.6. The number of esters is 1. The van der Waals surface area contributed by atoms with Gasteiger partial charge in [0.2, 0.25) is 5.91 Å². The Kier molecular flexibility index (Phi) is 7.51. The van der Waals surface area contributed by atoms with Gasteiger partial charge >= 0.3 is 5.97 Å². The molecule has 0 saturated carbocycles. The van der Waals surface area contributed by atoms with E-state index in [4.69, 9.17) is 4.74 Å². The fraction of sp³-hybridized carbons (Fsp3) is 0.429. The van der Waals surface area contributed by atoms with Crippen molar-refractivity contribution in [3.63, 3.8) is 0 Å². The molecule has 8 nitrogen and oxygen atoms in total. The number of benzene rings is 1. The Morgan fingerprint density at radius 2 is 1.73 bits per heavy atom. The molecule has 0 aliphatic carbocycles. The highest BCUT2D eigenvalue weighted by atomic mass is 32.2. The Labute approximate surface area is 179 Å². The van der Waals surface area contributed by atoms with Crippen LogP contribution in [0.3, 0.4) is 0 Å². The average molecular weight is 432 g/mol. The van der Waals surface area contributed by atoms with Crippen LogP contribution in [0.25, 0.3) is 6.08 Å². The van der Waals surface area contributed by atoms with Crippen LogP contribution < -0.4 is 4.74 Å². The van der Waals surface area contributed by atoms with Crippen molar-refractivity contribution in [2.45, 2.75) is 25.7 Å². The lowest BCUT2D eigenvalue weighted by molar-refractivity contribution is -0.143. The number of imide groups is 1. The summed E-state index contributed by atoms with van der Waals surface area (Å²) in [7, 11) is 1.28. The fourth-order valence-electron chi connectivity index (χ4n) is 3.20. The number of likely N-dealkylation sites (tertiary alicyclic amines) is 1. The van der Waals surface area contributed by atoms with Crippen molar-refractivity contribution >= 4 is 40.9 Å².